The zero-order valence-electron chi connectivity index (χ0n) is 11.3. The molecule has 3 rings (SSSR count). The Hall–Kier alpha value is -0.540. The van der Waals surface area contributed by atoms with Gasteiger partial charge in [0.25, 0.3) is 0 Å². The first-order chi connectivity index (χ1) is 9.20. The summed E-state index contributed by atoms with van der Waals surface area (Å²) in [4.78, 5) is 0. The second kappa shape index (κ2) is 5.45. The first-order valence-electron chi connectivity index (χ1n) is 7.21. The average Bonchev–Trinajstić information content (AvgIpc) is 3.13. The van der Waals surface area contributed by atoms with Gasteiger partial charge >= 0.3 is 0 Å². The molecule has 2 aliphatic carbocycles. The molecule has 0 heterocycles. The second-order valence-electron chi connectivity index (χ2n) is 5.92. The van der Waals surface area contributed by atoms with E-state index in [-0.39, 0.29) is 6.10 Å². The van der Waals surface area contributed by atoms with Crippen LogP contribution in [0.4, 0.5) is 0 Å². The van der Waals surface area contributed by atoms with E-state index in [1.54, 1.807) is 7.11 Å². The van der Waals surface area contributed by atoms with Crippen LogP contribution in [-0.4, -0.2) is 18.3 Å². The number of benzene rings is 1. The lowest BCUT2D eigenvalue weighted by Crippen LogP contribution is -2.15. The van der Waals surface area contributed by atoms with Crippen molar-refractivity contribution in [3.63, 3.8) is 0 Å². The number of methoxy groups -OCH3 is 1. The van der Waals surface area contributed by atoms with Crippen LogP contribution in [0.2, 0.25) is 0 Å². The molecular weight excluding hydrogens is 304 g/mol. The van der Waals surface area contributed by atoms with Crippen molar-refractivity contribution < 1.29 is 9.84 Å². The van der Waals surface area contributed by atoms with E-state index in [4.69, 9.17) is 4.74 Å². The number of aliphatic hydroxyl groups excluding tert-OH is 1. The molecule has 0 spiro atoms. The van der Waals surface area contributed by atoms with Gasteiger partial charge in [0.05, 0.1) is 13.2 Å². The minimum Gasteiger partial charge on any atom is -0.496 e. The van der Waals surface area contributed by atoms with Crippen LogP contribution in [0.1, 0.15) is 31.2 Å². The van der Waals surface area contributed by atoms with Crippen LogP contribution in [0.5, 0.6) is 5.75 Å². The molecule has 3 unspecified atom stereocenters. The number of hydrogen-bond donors (Lipinski definition) is 1. The summed E-state index contributed by atoms with van der Waals surface area (Å²) in [6.45, 7) is 0. The quantitative estimate of drug-likeness (QED) is 0.912. The molecule has 19 heavy (non-hydrogen) atoms. The van der Waals surface area contributed by atoms with Crippen molar-refractivity contribution >= 4 is 15.9 Å². The summed E-state index contributed by atoms with van der Waals surface area (Å²) in [6.07, 6.45) is 5.84. The highest BCUT2D eigenvalue weighted by molar-refractivity contribution is 9.10. The van der Waals surface area contributed by atoms with Crippen molar-refractivity contribution in [3.8, 4) is 5.75 Å². The molecule has 0 amide bonds. The third kappa shape index (κ3) is 2.68. The fourth-order valence-corrected chi connectivity index (χ4v) is 4.30. The topological polar surface area (TPSA) is 29.5 Å². The van der Waals surface area contributed by atoms with Gasteiger partial charge in [-0.1, -0.05) is 28.8 Å². The molecule has 1 aromatic rings. The number of fused-ring (bicyclic) bond motifs is 1. The van der Waals surface area contributed by atoms with Gasteiger partial charge in [-0.05, 0) is 54.4 Å². The van der Waals surface area contributed by atoms with E-state index in [1.165, 1.54) is 25.7 Å². The molecule has 104 valence electrons. The highest BCUT2D eigenvalue weighted by Crippen LogP contribution is 2.57. The van der Waals surface area contributed by atoms with Crippen LogP contribution >= 0.6 is 15.9 Å². The summed E-state index contributed by atoms with van der Waals surface area (Å²) in [5.41, 5.74) is 1.10. The Balaban J connectivity index is 1.69. The smallest absolute Gasteiger partial charge is 0.122 e. The standard InChI is InChI=1S/C16H21BrO2/c1-19-15-7-6-11(17)8-10(15)9-14(18)16-12-4-2-3-5-13(12)16/h6-8,12-14,16,18H,2-5,9H2,1H3. The highest BCUT2D eigenvalue weighted by atomic mass is 79.9. The Bertz CT molecular complexity index is 448. The SMILES string of the molecule is COc1ccc(Br)cc1CC(O)C1C2CCCCC21. The molecule has 3 atom stereocenters. The molecule has 2 saturated carbocycles. The van der Waals surface area contributed by atoms with E-state index in [1.807, 2.05) is 12.1 Å². The first kappa shape index (κ1) is 13.4. The summed E-state index contributed by atoms with van der Waals surface area (Å²) in [7, 11) is 1.69. The largest absolute Gasteiger partial charge is 0.496 e. The molecule has 1 aromatic carbocycles. The first-order valence-corrected chi connectivity index (χ1v) is 8.00. The lowest BCUT2D eigenvalue weighted by molar-refractivity contribution is 0.139. The Morgan fingerprint density at radius 3 is 2.63 bits per heavy atom. The van der Waals surface area contributed by atoms with Crippen molar-refractivity contribution in [3.05, 3.63) is 28.2 Å². The van der Waals surface area contributed by atoms with E-state index in [2.05, 4.69) is 22.0 Å². The zero-order chi connectivity index (χ0) is 13.4. The van der Waals surface area contributed by atoms with Crippen LogP contribution < -0.4 is 4.74 Å². The lowest BCUT2D eigenvalue weighted by atomic mass is 10.0. The minimum absolute atomic E-state index is 0.212. The van der Waals surface area contributed by atoms with E-state index in [0.717, 1.165) is 27.6 Å². The maximum Gasteiger partial charge on any atom is 0.122 e. The third-order valence-electron chi connectivity index (χ3n) is 4.84. The monoisotopic (exact) mass is 324 g/mol. The molecular formula is C16H21BrO2. The van der Waals surface area contributed by atoms with Gasteiger partial charge in [-0.3, -0.25) is 0 Å². The maximum atomic E-state index is 10.5. The average molecular weight is 325 g/mol. The zero-order valence-corrected chi connectivity index (χ0v) is 12.9. The van der Waals surface area contributed by atoms with Gasteiger partial charge in [-0.2, -0.15) is 0 Å². The van der Waals surface area contributed by atoms with Gasteiger partial charge in [0.2, 0.25) is 0 Å². The Kier molecular flexibility index (Phi) is 3.86. The molecule has 1 N–H and O–H groups in total. The van der Waals surface area contributed by atoms with Gasteiger partial charge in [0, 0.05) is 10.9 Å². The van der Waals surface area contributed by atoms with Crippen LogP contribution in [0, 0.1) is 17.8 Å². The number of hydrogen-bond acceptors (Lipinski definition) is 2. The predicted molar refractivity (Wildman–Crippen MR) is 79.3 cm³/mol. The molecule has 0 bridgehead atoms. The number of rotatable bonds is 4. The minimum atomic E-state index is -0.212. The van der Waals surface area contributed by atoms with Gasteiger partial charge in [-0.25, -0.2) is 0 Å². The Morgan fingerprint density at radius 2 is 2.00 bits per heavy atom. The third-order valence-corrected chi connectivity index (χ3v) is 5.33. The maximum absolute atomic E-state index is 10.5. The molecule has 2 nitrogen and oxygen atoms in total. The van der Waals surface area contributed by atoms with E-state index >= 15 is 0 Å². The van der Waals surface area contributed by atoms with E-state index in [0.29, 0.717) is 12.3 Å². The van der Waals surface area contributed by atoms with Crippen LogP contribution in [-0.2, 0) is 6.42 Å². The van der Waals surface area contributed by atoms with Crippen molar-refractivity contribution in [2.75, 3.05) is 7.11 Å². The van der Waals surface area contributed by atoms with Gasteiger partial charge in [0.15, 0.2) is 0 Å². The van der Waals surface area contributed by atoms with Crippen LogP contribution in [0.15, 0.2) is 22.7 Å². The lowest BCUT2D eigenvalue weighted by Gasteiger charge is -2.14. The predicted octanol–water partition coefficient (Wildman–Crippen LogP) is 3.80. The Morgan fingerprint density at radius 1 is 1.32 bits per heavy atom. The molecule has 2 fully saturated rings. The van der Waals surface area contributed by atoms with Crippen molar-refractivity contribution in [2.24, 2.45) is 17.8 Å². The van der Waals surface area contributed by atoms with E-state index in [9.17, 15) is 5.11 Å². The van der Waals surface area contributed by atoms with Crippen molar-refractivity contribution in [1.82, 2.24) is 0 Å². The molecule has 0 aromatic heterocycles. The van der Waals surface area contributed by atoms with Crippen LogP contribution in [0.25, 0.3) is 0 Å². The highest BCUT2D eigenvalue weighted by Gasteiger charge is 2.53. The van der Waals surface area contributed by atoms with Gasteiger partial charge < -0.3 is 9.84 Å². The fraction of sp³-hybridized carbons (Fsp3) is 0.625. The molecule has 3 heteroatoms. The van der Waals surface area contributed by atoms with Gasteiger partial charge in [-0.15, -0.1) is 0 Å². The number of halogens is 1. The molecule has 0 radical (unpaired) electrons. The van der Waals surface area contributed by atoms with Crippen molar-refractivity contribution in [2.45, 2.75) is 38.2 Å². The molecule has 0 saturated heterocycles. The normalized spacial score (nSPS) is 30.6. The summed E-state index contributed by atoms with van der Waals surface area (Å²) in [6, 6.07) is 6.01. The second-order valence-corrected chi connectivity index (χ2v) is 6.83. The van der Waals surface area contributed by atoms with Crippen molar-refractivity contribution in [1.29, 1.82) is 0 Å². The summed E-state index contributed by atoms with van der Waals surface area (Å²) in [5.74, 6) is 3.00. The molecule has 2 aliphatic rings. The summed E-state index contributed by atoms with van der Waals surface area (Å²) >= 11 is 3.49. The summed E-state index contributed by atoms with van der Waals surface area (Å²) in [5, 5.41) is 10.5. The fourth-order valence-electron chi connectivity index (χ4n) is 3.89. The van der Waals surface area contributed by atoms with Gasteiger partial charge in [0.1, 0.15) is 5.75 Å². The van der Waals surface area contributed by atoms with E-state index < -0.39 is 0 Å². The number of aliphatic hydroxyl groups is 1. The van der Waals surface area contributed by atoms with Crippen LogP contribution in [0.3, 0.4) is 0 Å². The number of ether oxygens (including phenoxy) is 1. The Labute approximate surface area is 123 Å². The summed E-state index contributed by atoms with van der Waals surface area (Å²) < 4.78 is 6.43. The molecule has 0 aliphatic heterocycles.